The Kier molecular flexibility index (Phi) is 12.9. The molecule has 0 radical (unpaired) electrons. The van der Waals surface area contributed by atoms with E-state index in [9.17, 15) is 27.0 Å². The molecule has 0 fully saturated rings. The molecule has 11 nitrogen and oxygen atoms in total. The molecule has 0 bridgehead atoms. The SMILES string of the molecule is CC(C)(O)c1nc(CO[Si](C)(C)C(C)(C)C)c(S(=O)(=O)Cl)s1.CC(C)(O)c1nc(CO[Si](C)(C)C(C)(C)C)c(S(N)(=O)=O)s1. The van der Waals surface area contributed by atoms with E-state index in [1.54, 1.807) is 27.7 Å². The zero-order valence-electron chi connectivity index (χ0n) is 28.2. The third kappa shape index (κ3) is 11.4. The number of sulfonamides is 1. The van der Waals surface area contributed by atoms with E-state index in [0.29, 0.717) is 10.0 Å². The largest absolute Gasteiger partial charge is 0.411 e. The van der Waals surface area contributed by atoms with Crippen LogP contribution in [-0.2, 0) is 52.3 Å². The zero-order chi connectivity index (χ0) is 35.1. The second-order valence-electron chi connectivity index (χ2n) is 14.7. The summed E-state index contributed by atoms with van der Waals surface area (Å²) in [5, 5.41) is 25.9. The van der Waals surface area contributed by atoms with Crippen molar-refractivity contribution >= 4 is 69.1 Å². The fourth-order valence-corrected chi connectivity index (χ4v) is 8.90. The highest BCUT2D eigenvalue weighted by molar-refractivity contribution is 8.15. The Morgan fingerprint density at radius 2 is 1.00 bits per heavy atom. The van der Waals surface area contributed by atoms with E-state index in [0.717, 1.165) is 22.7 Å². The number of hydrogen-bond acceptors (Lipinski definition) is 12. The Morgan fingerprint density at radius 1 is 0.705 bits per heavy atom. The predicted octanol–water partition coefficient (Wildman–Crippen LogP) is 6.36. The van der Waals surface area contributed by atoms with E-state index in [4.69, 9.17) is 24.7 Å². The molecule has 0 unspecified atom stereocenters. The first-order chi connectivity index (χ1) is 19.1. The number of hydrogen-bond donors (Lipinski definition) is 3. The van der Waals surface area contributed by atoms with Crippen molar-refractivity contribution in [2.75, 3.05) is 0 Å². The molecular weight excluding hydrogens is 702 g/mol. The lowest BCUT2D eigenvalue weighted by Crippen LogP contribution is -2.40. The lowest BCUT2D eigenvalue weighted by atomic mass is 10.2. The summed E-state index contributed by atoms with van der Waals surface area (Å²) in [6, 6.07) is 0. The monoisotopic (exact) mass is 751 g/mol. The summed E-state index contributed by atoms with van der Waals surface area (Å²) < 4.78 is 58.9. The molecule has 2 rings (SSSR count). The average Bonchev–Trinajstić information content (AvgIpc) is 3.40. The lowest BCUT2D eigenvalue weighted by Gasteiger charge is -2.35. The molecule has 0 aliphatic rings. The van der Waals surface area contributed by atoms with Crippen LogP contribution in [0.1, 0.15) is 90.6 Å². The standard InChI is InChI=1S/C13H24ClNO4S2Si.C13H26N2O4S2Si/c2*1-12(2,3)22(6,7)19-8-9-10(21(14,17)18)20-11(15-9)13(4,5)16/h16H,8H2,1-7H3;16H,8H2,1-7H3,(H2,14,17,18). The van der Waals surface area contributed by atoms with Gasteiger partial charge in [-0.15, -0.1) is 22.7 Å². The highest BCUT2D eigenvalue weighted by atomic mass is 35.7. The molecule has 0 aliphatic heterocycles. The predicted molar refractivity (Wildman–Crippen MR) is 183 cm³/mol. The van der Waals surface area contributed by atoms with E-state index >= 15 is 0 Å². The number of thiazole rings is 2. The molecule has 2 aromatic heterocycles. The minimum absolute atomic E-state index is 0.00209. The van der Waals surface area contributed by atoms with Crippen LogP contribution >= 0.6 is 33.4 Å². The van der Waals surface area contributed by atoms with Crippen LogP contribution in [0.4, 0.5) is 0 Å². The Bertz CT molecular complexity index is 1400. The molecule has 4 N–H and O–H groups in total. The Morgan fingerprint density at radius 3 is 1.25 bits per heavy atom. The van der Waals surface area contributed by atoms with Gasteiger partial charge in [-0.3, -0.25) is 0 Å². The number of aromatic nitrogens is 2. The van der Waals surface area contributed by atoms with Crippen molar-refractivity contribution in [1.29, 1.82) is 0 Å². The van der Waals surface area contributed by atoms with E-state index < -0.39 is 46.9 Å². The Hall–Kier alpha value is -0.316. The maximum absolute atomic E-state index is 11.7. The highest BCUT2D eigenvalue weighted by Crippen LogP contribution is 2.40. The van der Waals surface area contributed by atoms with Crippen molar-refractivity contribution in [3.8, 4) is 0 Å². The Labute approximate surface area is 278 Å². The van der Waals surface area contributed by atoms with Crippen molar-refractivity contribution in [2.24, 2.45) is 5.14 Å². The van der Waals surface area contributed by atoms with Gasteiger partial charge in [0.05, 0.1) is 24.6 Å². The van der Waals surface area contributed by atoms with Crippen LogP contribution in [-0.4, -0.2) is 53.7 Å². The minimum Gasteiger partial charge on any atom is -0.411 e. The molecule has 44 heavy (non-hydrogen) atoms. The van der Waals surface area contributed by atoms with Crippen LogP contribution < -0.4 is 5.14 Å². The van der Waals surface area contributed by atoms with Gasteiger partial charge in [-0.2, -0.15) is 0 Å². The van der Waals surface area contributed by atoms with Crippen LogP contribution in [0, 0.1) is 0 Å². The second-order valence-corrected chi connectivity index (χ2v) is 30.8. The Balaban J connectivity index is 0.000000440. The van der Waals surface area contributed by atoms with Crippen LogP contribution in [0.5, 0.6) is 0 Å². The summed E-state index contributed by atoms with van der Waals surface area (Å²) in [7, 11) is -6.42. The second kappa shape index (κ2) is 13.7. The molecule has 0 saturated carbocycles. The number of aliphatic hydroxyl groups is 2. The fraction of sp³-hybridized carbons (Fsp3) is 0.769. The van der Waals surface area contributed by atoms with Crippen molar-refractivity contribution in [3.05, 3.63) is 21.4 Å². The van der Waals surface area contributed by atoms with Gasteiger partial charge in [0.1, 0.15) is 21.2 Å². The molecule has 256 valence electrons. The third-order valence-corrected chi connectivity index (χ3v) is 23.0. The van der Waals surface area contributed by atoms with Crippen LogP contribution in [0.2, 0.25) is 36.3 Å². The van der Waals surface area contributed by atoms with Gasteiger partial charge < -0.3 is 19.1 Å². The van der Waals surface area contributed by atoms with Crippen molar-refractivity contribution in [2.45, 2.75) is 138 Å². The smallest absolute Gasteiger partial charge is 0.272 e. The molecule has 0 atom stereocenters. The molecule has 2 aromatic rings. The van der Waals surface area contributed by atoms with E-state index in [1.807, 2.05) is 0 Å². The zero-order valence-corrected chi connectivity index (χ0v) is 34.3. The van der Waals surface area contributed by atoms with Crippen molar-refractivity contribution < 1.29 is 35.9 Å². The summed E-state index contributed by atoms with van der Waals surface area (Å²) in [6.45, 7) is 27.3. The van der Waals surface area contributed by atoms with Gasteiger partial charge >= 0.3 is 0 Å². The van der Waals surface area contributed by atoms with Gasteiger partial charge in [-0.05, 0) is 64.0 Å². The average molecular weight is 753 g/mol. The van der Waals surface area contributed by atoms with Gasteiger partial charge in [-0.25, -0.2) is 31.9 Å². The van der Waals surface area contributed by atoms with Gasteiger partial charge in [0.15, 0.2) is 25.1 Å². The van der Waals surface area contributed by atoms with Crippen LogP contribution in [0.15, 0.2) is 8.42 Å². The van der Waals surface area contributed by atoms with Gasteiger partial charge in [0.25, 0.3) is 9.05 Å². The topological polar surface area (TPSA) is 179 Å². The van der Waals surface area contributed by atoms with E-state index in [1.165, 1.54) is 0 Å². The molecule has 2 heterocycles. The van der Waals surface area contributed by atoms with E-state index in [-0.39, 0.29) is 43.1 Å². The maximum Gasteiger partial charge on any atom is 0.272 e. The van der Waals surface area contributed by atoms with Crippen molar-refractivity contribution in [3.63, 3.8) is 0 Å². The summed E-state index contributed by atoms with van der Waals surface area (Å²) in [5.74, 6) is 0. The molecule has 18 heteroatoms. The maximum atomic E-state index is 11.7. The number of rotatable bonds is 10. The number of primary sulfonamides is 1. The summed E-state index contributed by atoms with van der Waals surface area (Å²) in [6.07, 6.45) is 0. The summed E-state index contributed by atoms with van der Waals surface area (Å²) in [5.41, 5.74) is -1.91. The third-order valence-electron chi connectivity index (χ3n) is 7.60. The molecule has 0 spiro atoms. The molecule has 0 saturated heterocycles. The van der Waals surface area contributed by atoms with Crippen LogP contribution in [0.25, 0.3) is 0 Å². The molecule has 0 aromatic carbocycles. The van der Waals surface area contributed by atoms with Gasteiger partial charge in [-0.1, -0.05) is 41.5 Å². The number of nitrogens with two attached hydrogens (primary N) is 1. The number of halogens is 1. The van der Waals surface area contributed by atoms with E-state index in [2.05, 4.69) is 77.7 Å². The fourth-order valence-electron chi connectivity index (χ4n) is 2.72. The van der Waals surface area contributed by atoms with Crippen molar-refractivity contribution in [1.82, 2.24) is 9.97 Å². The van der Waals surface area contributed by atoms with Crippen LogP contribution in [0.3, 0.4) is 0 Å². The van der Waals surface area contributed by atoms with Gasteiger partial charge in [0.2, 0.25) is 10.0 Å². The molecule has 0 aliphatic carbocycles. The minimum atomic E-state index is -3.92. The first kappa shape index (κ1) is 41.7. The summed E-state index contributed by atoms with van der Waals surface area (Å²) >= 11 is 1.78. The molecular formula is C26H50ClN3O8S4Si2. The highest BCUT2D eigenvalue weighted by Gasteiger charge is 2.39. The quantitative estimate of drug-likeness (QED) is 0.183. The first-order valence-electron chi connectivity index (χ1n) is 13.8. The normalized spacial score (nSPS) is 14.4. The molecule has 0 amide bonds. The van der Waals surface area contributed by atoms with Gasteiger partial charge in [0, 0.05) is 10.7 Å². The first-order valence-corrected chi connectivity index (χ1v) is 25.1. The summed E-state index contributed by atoms with van der Waals surface area (Å²) in [4.78, 5) is 8.47. The lowest BCUT2D eigenvalue weighted by molar-refractivity contribution is 0.0773. The number of nitrogens with zero attached hydrogens (tertiary/aromatic N) is 2.